The summed E-state index contributed by atoms with van der Waals surface area (Å²) in [5, 5.41) is 13.7. The highest BCUT2D eigenvalue weighted by Crippen LogP contribution is 2.31. The second kappa shape index (κ2) is 6.46. The van der Waals surface area contributed by atoms with Crippen LogP contribution >= 0.6 is 0 Å². The van der Waals surface area contributed by atoms with Gasteiger partial charge < -0.3 is 16.0 Å². The monoisotopic (exact) mass is 337 g/mol. The Bertz CT molecular complexity index is 718. The first-order valence-electron chi connectivity index (χ1n) is 7.18. The number of anilines is 3. The summed E-state index contributed by atoms with van der Waals surface area (Å²) in [6.07, 6.45) is -1.95. The van der Waals surface area contributed by atoms with E-state index in [9.17, 15) is 13.2 Å². The fourth-order valence-corrected chi connectivity index (χ4v) is 1.97. The summed E-state index contributed by atoms with van der Waals surface area (Å²) in [6, 6.07) is 4.61. The van der Waals surface area contributed by atoms with Gasteiger partial charge in [0.05, 0.1) is 11.1 Å². The van der Waals surface area contributed by atoms with E-state index in [1.54, 1.807) is 0 Å². The molecule has 1 heterocycles. The molecule has 3 N–H and O–H groups in total. The van der Waals surface area contributed by atoms with Crippen LogP contribution in [0.3, 0.4) is 0 Å². The molecule has 2 aromatic rings. The highest BCUT2D eigenvalue weighted by atomic mass is 19.4. The molecule has 0 aliphatic rings. The van der Waals surface area contributed by atoms with Crippen molar-refractivity contribution >= 4 is 23.5 Å². The minimum atomic E-state index is -4.38. The molecule has 0 aliphatic heterocycles. The molecule has 0 aliphatic carbocycles. The molecular weight excluding hydrogens is 319 g/mol. The van der Waals surface area contributed by atoms with Crippen LogP contribution in [-0.4, -0.2) is 21.7 Å². The molecule has 0 atom stereocenters. The number of nitrogens with one attached hydrogen (secondary N) is 3. The maximum absolute atomic E-state index is 12.6. The van der Waals surface area contributed by atoms with Crippen LogP contribution in [0.15, 0.2) is 30.6 Å². The maximum Gasteiger partial charge on any atom is 0.416 e. The molecule has 0 spiro atoms. The highest BCUT2D eigenvalue weighted by Gasteiger charge is 2.30. The van der Waals surface area contributed by atoms with Crippen LogP contribution in [0.25, 0.3) is 0 Å². The number of hydrogen-bond acceptors (Lipinski definition) is 5. The van der Waals surface area contributed by atoms with Crippen molar-refractivity contribution in [1.29, 1.82) is 5.41 Å². The van der Waals surface area contributed by atoms with Crippen LogP contribution in [0.5, 0.6) is 0 Å². The van der Waals surface area contributed by atoms with Crippen LogP contribution in [-0.2, 0) is 6.18 Å². The number of alkyl halides is 3. The number of benzene rings is 1. The third kappa shape index (κ3) is 4.43. The fraction of sp³-hybridized carbons (Fsp3) is 0.312. The number of hydrogen-bond donors (Lipinski definition) is 3. The van der Waals surface area contributed by atoms with E-state index >= 15 is 0 Å². The molecule has 0 bridgehead atoms. The van der Waals surface area contributed by atoms with Crippen molar-refractivity contribution in [3.05, 3.63) is 41.7 Å². The van der Waals surface area contributed by atoms with E-state index < -0.39 is 11.7 Å². The Morgan fingerprint density at radius 1 is 1.00 bits per heavy atom. The quantitative estimate of drug-likeness (QED) is 0.721. The second-order valence-electron chi connectivity index (χ2n) is 6.20. The van der Waals surface area contributed by atoms with Gasteiger partial charge in [-0.15, -0.1) is 0 Å². The van der Waals surface area contributed by atoms with Gasteiger partial charge in [-0.1, -0.05) is 0 Å². The molecule has 1 aromatic carbocycles. The zero-order valence-electron chi connectivity index (χ0n) is 13.5. The largest absolute Gasteiger partial charge is 0.416 e. The Morgan fingerprint density at radius 3 is 2.08 bits per heavy atom. The van der Waals surface area contributed by atoms with Gasteiger partial charge in [0, 0.05) is 17.4 Å². The van der Waals surface area contributed by atoms with Gasteiger partial charge in [-0.3, -0.25) is 0 Å². The van der Waals surface area contributed by atoms with Crippen molar-refractivity contribution in [2.24, 2.45) is 0 Å². The summed E-state index contributed by atoms with van der Waals surface area (Å²) in [7, 11) is 0. The van der Waals surface area contributed by atoms with Crippen molar-refractivity contribution < 1.29 is 13.2 Å². The summed E-state index contributed by atoms with van der Waals surface area (Å²) in [4.78, 5) is 8.19. The van der Waals surface area contributed by atoms with Crippen molar-refractivity contribution in [3.8, 4) is 0 Å². The van der Waals surface area contributed by atoms with E-state index in [2.05, 4.69) is 20.6 Å². The van der Waals surface area contributed by atoms with Gasteiger partial charge >= 0.3 is 6.18 Å². The van der Waals surface area contributed by atoms with Gasteiger partial charge in [-0.25, -0.2) is 9.97 Å². The Balaban J connectivity index is 2.29. The van der Waals surface area contributed by atoms with Crippen molar-refractivity contribution in [1.82, 2.24) is 9.97 Å². The minimum Gasteiger partial charge on any atom is -0.365 e. The molecule has 24 heavy (non-hydrogen) atoms. The van der Waals surface area contributed by atoms with Gasteiger partial charge in [-0.05, 0) is 45.0 Å². The molecule has 128 valence electrons. The van der Waals surface area contributed by atoms with E-state index in [1.807, 2.05) is 20.8 Å². The molecule has 2 rings (SSSR count). The fourth-order valence-electron chi connectivity index (χ4n) is 1.97. The van der Waals surface area contributed by atoms with Crippen molar-refractivity contribution in [2.75, 3.05) is 10.6 Å². The zero-order valence-corrected chi connectivity index (χ0v) is 13.5. The Labute approximate surface area is 137 Å². The molecule has 0 radical (unpaired) electrons. The zero-order chi connectivity index (χ0) is 18.0. The van der Waals surface area contributed by atoms with E-state index in [-0.39, 0.29) is 5.54 Å². The third-order valence-electron chi connectivity index (χ3n) is 3.00. The Morgan fingerprint density at radius 2 is 1.58 bits per heavy atom. The summed E-state index contributed by atoms with van der Waals surface area (Å²) in [6.45, 7) is 5.85. The third-order valence-corrected chi connectivity index (χ3v) is 3.00. The first-order valence-corrected chi connectivity index (χ1v) is 7.18. The van der Waals surface area contributed by atoms with Crippen molar-refractivity contribution in [2.45, 2.75) is 32.5 Å². The molecule has 0 saturated carbocycles. The Kier molecular flexibility index (Phi) is 4.77. The standard InChI is InChI=1S/C16H18F3N5/c1-15(2,3)24-14-12(8-20)13(21-9-22-14)23-11-6-4-10(5-7-11)16(17,18)19/h4-9,20H,1-3H3,(H2,21,22,23,24). The van der Waals surface area contributed by atoms with Gasteiger partial charge in [0.2, 0.25) is 0 Å². The average Bonchev–Trinajstić information content (AvgIpc) is 2.45. The van der Waals surface area contributed by atoms with Crippen LogP contribution in [0.2, 0.25) is 0 Å². The predicted molar refractivity (Wildman–Crippen MR) is 88.0 cm³/mol. The summed E-state index contributed by atoms with van der Waals surface area (Å²) in [5.74, 6) is 0.813. The molecule has 0 fully saturated rings. The number of halogens is 3. The van der Waals surface area contributed by atoms with E-state index in [4.69, 9.17) is 5.41 Å². The SMILES string of the molecule is CC(C)(C)Nc1ncnc(Nc2ccc(C(F)(F)F)cc2)c1C=N. The molecule has 8 heteroatoms. The van der Waals surface area contributed by atoms with Gasteiger partial charge in [0.15, 0.2) is 0 Å². The van der Waals surface area contributed by atoms with Gasteiger partial charge in [0.1, 0.15) is 18.0 Å². The topological polar surface area (TPSA) is 73.7 Å². The molecule has 1 aromatic heterocycles. The van der Waals surface area contributed by atoms with Crippen LogP contribution in [0.1, 0.15) is 31.9 Å². The van der Waals surface area contributed by atoms with E-state index in [0.717, 1.165) is 18.3 Å². The smallest absolute Gasteiger partial charge is 0.365 e. The van der Waals surface area contributed by atoms with Gasteiger partial charge in [-0.2, -0.15) is 13.2 Å². The number of aromatic nitrogens is 2. The van der Waals surface area contributed by atoms with Crippen LogP contribution < -0.4 is 10.6 Å². The summed E-state index contributed by atoms with van der Waals surface area (Å²) in [5.41, 5.74) is -0.130. The van der Waals surface area contributed by atoms with Crippen LogP contribution in [0, 0.1) is 5.41 Å². The molecule has 0 saturated heterocycles. The number of nitrogens with zero attached hydrogens (tertiary/aromatic N) is 2. The van der Waals surface area contributed by atoms with Crippen molar-refractivity contribution in [3.63, 3.8) is 0 Å². The predicted octanol–water partition coefficient (Wildman–Crippen LogP) is 4.45. The first kappa shape index (κ1) is 17.7. The highest BCUT2D eigenvalue weighted by molar-refractivity contribution is 5.91. The van der Waals surface area contributed by atoms with E-state index in [0.29, 0.717) is 22.9 Å². The molecule has 5 nitrogen and oxygen atoms in total. The van der Waals surface area contributed by atoms with E-state index in [1.165, 1.54) is 18.5 Å². The lowest BCUT2D eigenvalue weighted by Crippen LogP contribution is -2.27. The average molecular weight is 337 g/mol. The molecule has 0 unspecified atom stereocenters. The first-order chi connectivity index (χ1) is 11.1. The minimum absolute atomic E-state index is 0.266. The summed E-state index contributed by atoms with van der Waals surface area (Å²) >= 11 is 0. The maximum atomic E-state index is 12.6. The molecule has 0 amide bonds. The Hall–Kier alpha value is -2.64. The summed E-state index contributed by atoms with van der Waals surface area (Å²) < 4.78 is 37.8. The second-order valence-corrected chi connectivity index (χ2v) is 6.20. The lowest BCUT2D eigenvalue weighted by Gasteiger charge is -2.23. The number of rotatable bonds is 4. The lowest BCUT2D eigenvalue weighted by atomic mass is 10.1. The van der Waals surface area contributed by atoms with Gasteiger partial charge in [0.25, 0.3) is 0 Å². The molecular formula is C16H18F3N5. The van der Waals surface area contributed by atoms with Crippen LogP contribution in [0.4, 0.5) is 30.5 Å². The lowest BCUT2D eigenvalue weighted by molar-refractivity contribution is -0.137. The normalized spacial score (nSPS) is 11.9.